The number of hydrogen-bond donors (Lipinski definition) is 0. The van der Waals surface area contributed by atoms with E-state index < -0.39 is 5.54 Å². The van der Waals surface area contributed by atoms with E-state index in [1.54, 1.807) is 0 Å². The zero-order chi connectivity index (χ0) is 12.1. The van der Waals surface area contributed by atoms with Crippen LogP contribution >= 0.6 is 0 Å². The molecule has 0 unspecified atom stereocenters. The molecule has 86 valence electrons. The maximum Gasteiger partial charge on any atom is 0.222 e. The third-order valence-electron chi connectivity index (χ3n) is 3.00. The Labute approximate surface area is 101 Å². The highest BCUT2D eigenvalue weighted by atomic mass is 16.5. The van der Waals surface area contributed by atoms with Crippen molar-refractivity contribution in [3.05, 3.63) is 35.9 Å². The first-order chi connectivity index (χ1) is 8.33. The van der Waals surface area contributed by atoms with Gasteiger partial charge in [0.15, 0.2) is 0 Å². The van der Waals surface area contributed by atoms with Crippen LogP contribution in [-0.2, 0) is 10.3 Å². The molecule has 0 radical (unpaired) electrons. The predicted molar refractivity (Wildman–Crippen MR) is 61.7 cm³/mol. The average molecular weight is 227 g/mol. The standard InChI is InChI=1S/C13H13N3O/c14-10-13(11-15,12-4-2-1-3-5-12)16-6-8-17-9-7-16/h1-5H,6-9H2. The summed E-state index contributed by atoms with van der Waals surface area (Å²) in [5.41, 5.74) is -0.461. The molecule has 0 aromatic heterocycles. The lowest BCUT2D eigenvalue weighted by Gasteiger charge is -2.36. The number of nitriles is 2. The average Bonchev–Trinajstić information content (AvgIpc) is 2.43. The van der Waals surface area contributed by atoms with Gasteiger partial charge in [-0.3, -0.25) is 4.90 Å². The number of morpholine rings is 1. The second-order valence-electron chi connectivity index (χ2n) is 3.90. The van der Waals surface area contributed by atoms with Crippen LogP contribution in [0, 0.1) is 22.7 Å². The van der Waals surface area contributed by atoms with Crippen molar-refractivity contribution >= 4 is 0 Å². The maximum absolute atomic E-state index is 9.43. The number of hydrogen-bond acceptors (Lipinski definition) is 4. The molecule has 0 amide bonds. The van der Waals surface area contributed by atoms with Gasteiger partial charge in [-0.2, -0.15) is 10.5 Å². The Morgan fingerprint density at radius 1 is 1.06 bits per heavy atom. The maximum atomic E-state index is 9.43. The summed E-state index contributed by atoms with van der Waals surface area (Å²) in [5.74, 6) is 0. The number of nitrogens with zero attached hydrogens (tertiary/aromatic N) is 3. The van der Waals surface area contributed by atoms with E-state index >= 15 is 0 Å². The Bertz CT molecular complexity index is 438. The molecule has 17 heavy (non-hydrogen) atoms. The number of rotatable bonds is 2. The fourth-order valence-corrected chi connectivity index (χ4v) is 2.06. The van der Waals surface area contributed by atoms with Crippen molar-refractivity contribution in [3.8, 4) is 12.1 Å². The van der Waals surface area contributed by atoms with Crippen LogP contribution in [0.1, 0.15) is 5.56 Å². The van der Waals surface area contributed by atoms with Gasteiger partial charge in [0.05, 0.1) is 13.2 Å². The second-order valence-corrected chi connectivity index (χ2v) is 3.90. The topological polar surface area (TPSA) is 60.0 Å². The normalized spacial score (nSPS) is 17.1. The molecule has 0 atom stereocenters. The lowest BCUT2D eigenvalue weighted by atomic mass is 9.90. The van der Waals surface area contributed by atoms with Crippen LogP contribution in [0.4, 0.5) is 0 Å². The summed E-state index contributed by atoms with van der Waals surface area (Å²) in [6.07, 6.45) is 0. The van der Waals surface area contributed by atoms with Gasteiger partial charge in [0.25, 0.3) is 0 Å². The first-order valence-corrected chi connectivity index (χ1v) is 5.54. The molecule has 0 saturated carbocycles. The quantitative estimate of drug-likeness (QED) is 0.763. The molecular formula is C13H13N3O. The zero-order valence-electron chi connectivity index (χ0n) is 9.47. The van der Waals surface area contributed by atoms with Crippen LogP contribution in [0.25, 0.3) is 0 Å². The Kier molecular flexibility index (Phi) is 3.39. The largest absolute Gasteiger partial charge is 0.379 e. The van der Waals surface area contributed by atoms with Crippen LogP contribution in [-0.4, -0.2) is 31.2 Å². The molecule has 1 aliphatic rings. The second kappa shape index (κ2) is 4.97. The van der Waals surface area contributed by atoms with Gasteiger partial charge in [-0.05, 0) is 0 Å². The molecule has 1 aromatic carbocycles. The van der Waals surface area contributed by atoms with E-state index in [2.05, 4.69) is 12.1 Å². The molecule has 0 bridgehead atoms. The van der Waals surface area contributed by atoms with E-state index in [1.807, 2.05) is 35.2 Å². The van der Waals surface area contributed by atoms with E-state index in [9.17, 15) is 10.5 Å². The predicted octanol–water partition coefficient (Wildman–Crippen LogP) is 1.26. The fraction of sp³-hybridized carbons (Fsp3) is 0.385. The highest BCUT2D eigenvalue weighted by Crippen LogP contribution is 2.28. The van der Waals surface area contributed by atoms with Crippen molar-refractivity contribution in [2.45, 2.75) is 5.54 Å². The molecule has 0 N–H and O–H groups in total. The molecule has 0 spiro atoms. The monoisotopic (exact) mass is 227 g/mol. The Hall–Kier alpha value is -1.88. The van der Waals surface area contributed by atoms with Crippen LogP contribution in [0.15, 0.2) is 30.3 Å². The minimum Gasteiger partial charge on any atom is -0.379 e. The highest BCUT2D eigenvalue weighted by molar-refractivity contribution is 5.39. The summed E-state index contributed by atoms with van der Waals surface area (Å²) in [6, 6.07) is 13.5. The van der Waals surface area contributed by atoms with Crippen molar-refractivity contribution in [2.24, 2.45) is 0 Å². The van der Waals surface area contributed by atoms with Crippen LogP contribution in [0.5, 0.6) is 0 Å². The SMILES string of the molecule is N#CC(C#N)(c1ccccc1)N1CCOCC1. The van der Waals surface area contributed by atoms with Crippen LogP contribution in [0.3, 0.4) is 0 Å². The van der Waals surface area contributed by atoms with Gasteiger partial charge in [-0.1, -0.05) is 30.3 Å². The summed E-state index contributed by atoms with van der Waals surface area (Å²) < 4.78 is 5.26. The summed E-state index contributed by atoms with van der Waals surface area (Å²) in [6.45, 7) is 2.35. The van der Waals surface area contributed by atoms with Crippen LogP contribution < -0.4 is 0 Å². The molecule has 4 heteroatoms. The first-order valence-electron chi connectivity index (χ1n) is 5.54. The molecule has 2 rings (SSSR count). The Balaban J connectivity index is 2.40. The van der Waals surface area contributed by atoms with E-state index in [0.29, 0.717) is 26.3 Å². The molecule has 4 nitrogen and oxygen atoms in total. The zero-order valence-corrected chi connectivity index (χ0v) is 9.47. The third-order valence-corrected chi connectivity index (χ3v) is 3.00. The van der Waals surface area contributed by atoms with Crippen molar-refractivity contribution in [3.63, 3.8) is 0 Å². The van der Waals surface area contributed by atoms with E-state index in [1.165, 1.54) is 0 Å². The first kappa shape index (κ1) is 11.6. The van der Waals surface area contributed by atoms with Crippen LogP contribution in [0.2, 0.25) is 0 Å². The van der Waals surface area contributed by atoms with Gasteiger partial charge in [0.1, 0.15) is 12.1 Å². The van der Waals surface area contributed by atoms with E-state index in [-0.39, 0.29) is 0 Å². The minimum atomic E-state index is -1.19. The molecule has 1 aromatic rings. The summed E-state index contributed by atoms with van der Waals surface area (Å²) in [4.78, 5) is 1.88. The lowest BCUT2D eigenvalue weighted by molar-refractivity contribution is 0.0105. The lowest BCUT2D eigenvalue weighted by Crippen LogP contribution is -2.49. The Morgan fingerprint density at radius 3 is 2.18 bits per heavy atom. The molecular weight excluding hydrogens is 214 g/mol. The van der Waals surface area contributed by atoms with Gasteiger partial charge in [-0.15, -0.1) is 0 Å². The molecule has 1 saturated heterocycles. The number of benzene rings is 1. The van der Waals surface area contributed by atoms with Gasteiger partial charge < -0.3 is 4.74 Å². The summed E-state index contributed by atoms with van der Waals surface area (Å²) in [7, 11) is 0. The fourth-order valence-electron chi connectivity index (χ4n) is 2.06. The third kappa shape index (κ3) is 2.01. The van der Waals surface area contributed by atoms with Gasteiger partial charge in [0.2, 0.25) is 5.54 Å². The molecule has 1 fully saturated rings. The van der Waals surface area contributed by atoms with Crippen molar-refractivity contribution in [1.82, 2.24) is 4.90 Å². The minimum absolute atomic E-state index is 0.567. The molecule has 1 heterocycles. The summed E-state index contributed by atoms with van der Waals surface area (Å²) >= 11 is 0. The van der Waals surface area contributed by atoms with Gasteiger partial charge >= 0.3 is 0 Å². The van der Waals surface area contributed by atoms with Gasteiger partial charge in [0, 0.05) is 18.7 Å². The van der Waals surface area contributed by atoms with Crippen molar-refractivity contribution in [2.75, 3.05) is 26.3 Å². The van der Waals surface area contributed by atoms with Crippen molar-refractivity contribution in [1.29, 1.82) is 10.5 Å². The van der Waals surface area contributed by atoms with E-state index in [0.717, 1.165) is 5.56 Å². The highest BCUT2D eigenvalue weighted by Gasteiger charge is 2.40. The summed E-state index contributed by atoms with van der Waals surface area (Å²) in [5, 5.41) is 18.9. The molecule has 1 aliphatic heterocycles. The Morgan fingerprint density at radius 2 is 1.65 bits per heavy atom. The van der Waals surface area contributed by atoms with E-state index in [4.69, 9.17) is 4.74 Å². The smallest absolute Gasteiger partial charge is 0.222 e. The van der Waals surface area contributed by atoms with Crippen molar-refractivity contribution < 1.29 is 4.74 Å². The number of ether oxygens (including phenoxy) is 1. The van der Waals surface area contributed by atoms with Gasteiger partial charge in [-0.25, -0.2) is 0 Å². The molecule has 0 aliphatic carbocycles.